The van der Waals surface area contributed by atoms with Crippen molar-refractivity contribution in [1.29, 1.82) is 0 Å². The molecule has 29 heavy (non-hydrogen) atoms. The van der Waals surface area contributed by atoms with Crippen LogP contribution in [-0.4, -0.2) is 22.6 Å². The number of ketones is 1. The lowest BCUT2D eigenvalue weighted by molar-refractivity contribution is 0.0705. The maximum atomic E-state index is 12.8. The Hall–Kier alpha value is -3.20. The summed E-state index contributed by atoms with van der Waals surface area (Å²) in [6.07, 6.45) is 3.11. The first-order valence-corrected chi connectivity index (χ1v) is 10.3. The van der Waals surface area contributed by atoms with E-state index in [9.17, 15) is 9.59 Å². The first-order valence-electron chi connectivity index (χ1n) is 10.3. The highest BCUT2D eigenvalue weighted by molar-refractivity contribution is 6.08. The zero-order chi connectivity index (χ0) is 19.8. The van der Waals surface area contributed by atoms with E-state index in [-0.39, 0.29) is 11.7 Å². The molecule has 3 heteroatoms. The van der Waals surface area contributed by atoms with Gasteiger partial charge in [0.15, 0.2) is 5.78 Å². The Morgan fingerprint density at radius 3 is 2.24 bits per heavy atom. The van der Waals surface area contributed by atoms with Crippen molar-refractivity contribution in [2.75, 3.05) is 0 Å². The van der Waals surface area contributed by atoms with Gasteiger partial charge in [0.05, 0.1) is 0 Å². The topological polar surface area (TPSA) is 37.4 Å². The number of nitrogens with zero attached hydrogens (tertiary/aromatic N) is 1. The lowest BCUT2D eigenvalue weighted by Crippen LogP contribution is -2.33. The SMILES string of the molecule is O=C(c1ccccc1)c1ccc(C2CCC(N3Cc4ccccc4C3=O)C2)cc1. The Morgan fingerprint density at radius 2 is 1.48 bits per heavy atom. The first-order chi connectivity index (χ1) is 14.2. The highest BCUT2D eigenvalue weighted by Crippen LogP contribution is 2.39. The van der Waals surface area contributed by atoms with Gasteiger partial charge in [0, 0.05) is 29.3 Å². The van der Waals surface area contributed by atoms with E-state index in [1.54, 1.807) is 0 Å². The van der Waals surface area contributed by atoms with Crippen LogP contribution in [-0.2, 0) is 6.54 Å². The van der Waals surface area contributed by atoms with Crippen LogP contribution in [0.4, 0.5) is 0 Å². The molecule has 1 aliphatic carbocycles. The second kappa shape index (κ2) is 7.32. The third kappa shape index (κ3) is 3.27. The van der Waals surface area contributed by atoms with Crippen LogP contribution in [0.3, 0.4) is 0 Å². The van der Waals surface area contributed by atoms with Crippen LogP contribution in [0.25, 0.3) is 0 Å². The Morgan fingerprint density at radius 1 is 0.793 bits per heavy atom. The van der Waals surface area contributed by atoms with Crippen molar-refractivity contribution in [1.82, 2.24) is 4.90 Å². The third-order valence-electron chi connectivity index (χ3n) is 6.38. The normalized spacial score (nSPS) is 20.7. The van der Waals surface area contributed by atoms with Gasteiger partial charge in [0.25, 0.3) is 5.91 Å². The van der Waals surface area contributed by atoms with E-state index in [2.05, 4.69) is 23.1 Å². The number of benzene rings is 3. The van der Waals surface area contributed by atoms with Gasteiger partial charge in [-0.2, -0.15) is 0 Å². The van der Waals surface area contributed by atoms with Gasteiger partial charge in [0.1, 0.15) is 0 Å². The molecule has 0 bridgehead atoms. The molecule has 0 aromatic heterocycles. The molecule has 1 amide bonds. The van der Waals surface area contributed by atoms with Crippen LogP contribution in [0.1, 0.15) is 62.6 Å². The molecule has 1 saturated carbocycles. The van der Waals surface area contributed by atoms with Crippen molar-refractivity contribution in [3.05, 3.63) is 107 Å². The summed E-state index contributed by atoms with van der Waals surface area (Å²) in [7, 11) is 0. The van der Waals surface area contributed by atoms with Gasteiger partial charge in [0.2, 0.25) is 0 Å². The highest BCUT2D eigenvalue weighted by Gasteiger charge is 2.37. The molecule has 2 atom stereocenters. The molecule has 3 nitrogen and oxygen atoms in total. The van der Waals surface area contributed by atoms with Crippen molar-refractivity contribution < 1.29 is 9.59 Å². The summed E-state index contributed by atoms with van der Waals surface area (Å²) < 4.78 is 0. The van der Waals surface area contributed by atoms with E-state index in [0.29, 0.717) is 17.5 Å². The molecule has 1 fully saturated rings. The standard InChI is InChI=1S/C26H23NO2/c28-25(19-6-2-1-3-7-19)20-12-10-18(11-13-20)21-14-15-23(16-21)27-17-22-8-4-5-9-24(22)26(27)29/h1-13,21,23H,14-17H2. The zero-order valence-corrected chi connectivity index (χ0v) is 16.3. The van der Waals surface area contributed by atoms with E-state index in [1.165, 1.54) is 5.56 Å². The van der Waals surface area contributed by atoms with Crippen LogP contribution in [0.5, 0.6) is 0 Å². The van der Waals surface area contributed by atoms with Crippen molar-refractivity contribution >= 4 is 11.7 Å². The van der Waals surface area contributed by atoms with Gasteiger partial charge in [-0.3, -0.25) is 9.59 Å². The summed E-state index contributed by atoms with van der Waals surface area (Å²) in [6.45, 7) is 0.733. The predicted molar refractivity (Wildman–Crippen MR) is 113 cm³/mol. The first kappa shape index (κ1) is 17.9. The van der Waals surface area contributed by atoms with Crippen molar-refractivity contribution in [2.45, 2.75) is 37.8 Å². The molecule has 0 N–H and O–H groups in total. The monoisotopic (exact) mass is 381 g/mol. The van der Waals surface area contributed by atoms with Gasteiger partial charge in [-0.05, 0) is 42.4 Å². The second-order valence-corrected chi connectivity index (χ2v) is 8.07. The van der Waals surface area contributed by atoms with Crippen LogP contribution in [0.2, 0.25) is 0 Å². The summed E-state index contributed by atoms with van der Waals surface area (Å²) in [5.41, 5.74) is 4.71. The van der Waals surface area contributed by atoms with Crippen LogP contribution < -0.4 is 0 Å². The Kier molecular flexibility index (Phi) is 4.51. The molecule has 3 aromatic carbocycles. The quantitative estimate of drug-likeness (QED) is 0.582. The fourth-order valence-electron chi connectivity index (χ4n) is 4.78. The van der Waals surface area contributed by atoms with Crippen LogP contribution >= 0.6 is 0 Å². The summed E-state index contributed by atoms with van der Waals surface area (Å²) in [5, 5.41) is 0. The van der Waals surface area contributed by atoms with Gasteiger partial charge < -0.3 is 4.90 Å². The molecule has 5 rings (SSSR count). The maximum absolute atomic E-state index is 12.8. The lowest BCUT2D eigenvalue weighted by atomic mass is 9.94. The Balaban J connectivity index is 1.28. The third-order valence-corrected chi connectivity index (χ3v) is 6.38. The fourth-order valence-corrected chi connectivity index (χ4v) is 4.78. The van der Waals surface area contributed by atoms with Gasteiger partial charge in [-0.1, -0.05) is 72.8 Å². The van der Waals surface area contributed by atoms with Gasteiger partial charge >= 0.3 is 0 Å². The zero-order valence-electron chi connectivity index (χ0n) is 16.3. The molecular formula is C26H23NO2. The molecule has 0 spiro atoms. The molecule has 1 aliphatic heterocycles. The number of carbonyl (C=O) groups is 2. The molecule has 144 valence electrons. The fraction of sp³-hybridized carbons (Fsp3) is 0.231. The van der Waals surface area contributed by atoms with Crippen molar-refractivity contribution in [3.8, 4) is 0 Å². The average molecular weight is 381 g/mol. The van der Waals surface area contributed by atoms with E-state index >= 15 is 0 Å². The van der Waals surface area contributed by atoms with Gasteiger partial charge in [-0.15, -0.1) is 0 Å². The maximum Gasteiger partial charge on any atom is 0.254 e. The minimum absolute atomic E-state index is 0.0573. The number of hydrogen-bond donors (Lipinski definition) is 0. The average Bonchev–Trinajstić information content (AvgIpc) is 3.39. The summed E-state index contributed by atoms with van der Waals surface area (Å²) in [4.78, 5) is 27.4. The molecule has 3 aromatic rings. The van der Waals surface area contributed by atoms with Crippen LogP contribution in [0.15, 0.2) is 78.9 Å². The molecular weight excluding hydrogens is 358 g/mol. The lowest BCUT2D eigenvalue weighted by Gasteiger charge is -2.24. The summed E-state index contributed by atoms with van der Waals surface area (Å²) >= 11 is 0. The molecule has 0 saturated heterocycles. The smallest absolute Gasteiger partial charge is 0.254 e. The van der Waals surface area contributed by atoms with Gasteiger partial charge in [-0.25, -0.2) is 0 Å². The molecule has 1 heterocycles. The molecule has 0 radical (unpaired) electrons. The van der Waals surface area contributed by atoms with Crippen molar-refractivity contribution in [2.24, 2.45) is 0 Å². The van der Waals surface area contributed by atoms with E-state index in [4.69, 9.17) is 0 Å². The molecule has 2 unspecified atom stereocenters. The predicted octanol–water partition coefficient (Wildman–Crippen LogP) is 5.21. The number of fused-ring (bicyclic) bond motifs is 1. The van der Waals surface area contributed by atoms with E-state index in [0.717, 1.165) is 42.5 Å². The number of amides is 1. The second-order valence-electron chi connectivity index (χ2n) is 8.07. The molecule has 2 aliphatic rings. The largest absolute Gasteiger partial charge is 0.331 e. The summed E-state index contributed by atoms with van der Waals surface area (Å²) in [6, 6.07) is 25.7. The minimum atomic E-state index is 0.0573. The van der Waals surface area contributed by atoms with E-state index < -0.39 is 0 Å². The van der Waals surface area contributed by atoms with Crippen molar-refractivity contribution in [3.63, 3.8) is 0 Å². The Bertz CT molecular complexity index is 1060. The van der Waals surface area contributed by atoms with Crippen LogP contribution in [0, 0.1) is 0 Å². The summed E-state index contributed by atoms with van der Waals surface area (Å²) in [5.74, 6) is 0.675. The minimum Gasteiger partial charge on any atom is -0.331 e. The Labute approximate surface area is 171 Å². The highest BCUT2D eigenvalue weighted by atomic mass is 16.2. The van der Waals surface area contributed by atoms with E-state index in [1.807, 2.05) is 60.7 Å². The number of carbonyl (C=O) groups excluding carboxylic acids is 2. The number of rotatable bonds is 4. The number of hydrogen-bond acceptors (Lipinski definition) is 2.